The molecule has 0 bridgehead atoms. The van der Waals surface area contributed by atoms with Gasteiger partial charge in [-0.1, -0.05) is 24.3 Å². The highest BCUT2D eigenvalue weighted by molar-refractivity contribution is 5.68. The molecule has 4 nitrogen and oxygen atoms in total. The summed E-state index contributed by atoms with van der Waals surface area (Å²) < 4.78 is 5.39. The molecular formula is C17H27NO3. The SMILES string of the molecule is CC(C)(C)OC(=O)N(CCC=O)CCCC1C=CC=CC1. The van der Waals surface area contributed by atoms with Gasteiger partial charge < -0.3 is 14.4 Å². The van der Waals surface area contributed by atoms with Gasteiger partial charge in [0.05, 0.1) is 0 Å². The van der Waals surface area contributed by atoms with E-state index in [1.165, 1.54) is 0 Å². The van der Waals surface area contributed by atoms with E-state index >= 15 is 0 Å². The lowest BCUT2D eigenvalue weighted by Gasteiger charge is -2.27. The van der Waals surface area contributed by atoms with Crippen molar-refractivity contribution in [3.8, 4) is 0 Å². The van der Waals surface area contributed by atoms with Gasteiger partial charge >= 0.3 is 6.09 Å². The summed E-state index contributed by atoms with van der Waals surface area (Å²) in [6.07, 6.45) is 12.4. The molecule has 1 aliphatic rings. The van der Waals surface area contributed by atoms with Crippen LogP contribution in [0.2, 0.25) is 0 Å². The third-order valence-corrected chi connectivity index (χ3v) is 3.24. The molecule has 0 radical (unpaired) electrons. The summed E-state index contributed by atoms with van der Waals surface area (Å²) in [6, 6.07) is 0. The lowest BCUT2D eigenvalue weighted by Crippen LogP contribution is -2.38. The zero-order chi connectivity index (χ0) is 15.7. The molecular weight excluding hydrogens is 266 g/mol. The number of hydrogen-bond acceptors (Lipinski definition) is 3. The Hall–Kier alpha value is -1.58. The summed E-state index contributed by atoms with van der Waals surface area (Å²) in [5.41, 5.74) is -0.507. The molecule has 0 aliphatic heterocycles. The first-order valence-corrected chi connectivity index (χ1v) is 7.67. The Morgan fingerprint density at radius 3 is 2.67 bits per heavy atom. The van der Waals surface area contributed by atoms with E-state index in [4.69, 9.17) is 4.74 Å². The fourth-order valence-electron chi connectivity index (χ4n) is 2.22. The van der Waals surface area contributed by atoms with Crippen molar-refractivity contribution >= 4 is 12.4 Å². The Morgan fingerprint density at radius 2 is 2.10 bits per heavy atom. The highest BCUT2D eigenvalue weighted by Gasteiger charge is 2.21. The molecule has 4 heteroatoms. The summed E-state index contributed by atoms with van der Waals surface area (Å²) in [6.45, 7) is 6.61. The first kappa shape index (κ1) is 17.5. The van der Waals surface area contributed by atoms with Crippen LogP contribution in [-0.2, 0) is 9.53 Å². The number of aldehydes is 1. The van der Waals surface area contributed by atoms with Gasteiger partial charge in [-0.3, -0.25) is 0 Å². The van der Waals surface area contributed by atoms with E-state index in [0.29, 0.717) is 25.4 Å². The van der Waals surface area contributed by atoms with Crippen LogP contribution in [0.15, 0.2) is 24.3 Å². The van der Waals surface area contributed by atoms with E-state index in [-0.39, 0.29) is 6.09 Å². The van der Waals surface area contributed by atoms with Crippen molar-refractivity contribution in [2.45, 2.75) is 52.1 Å². The summed E-state index contributed by atoms with van der Waals surface area (Å²) in [7, 11) is 0. The topological polar surface area (TPSA) is 46.6 Å². The number of carbonyl (C=O) groups is 2. The number of allylic oxidation sites excluding steroid dienone is 4. The van der Waals surface area contributed by atoms with Crippen LogP contribution in [-0.4, -0.2) is 36.0 Å². The van der Waals surface area contributed by atoms with Gasteiger partial charge in [0.2, 0.25) is 0 Å². The molecule has 0 heterocycles. The number of nitrogens with zero attached hydrogens (tertiary/aromatic N) is 1. The minimum Gasteiger partial charge on any atom is -0.444 e. The average molecular weight is 293 g/mol. The van der Waals surface area contributed by atoms with Crippen molar-refractivity contribution in [2.75, 3.05) is 13.1 Å². The average Bonchev–Trinajstić information content (AvgIpc) is 2.41. The Morgan fingerprint density at radius 1 is 1.33 bits per heavy atom. The molecule has 1 amide bonds. The van der Waals surface area contributed by atoms with Crippen molar-refractivity contribution in [3.63, 3.8) is 0 Å². The number of carbonyl (C=O) groups excluding carboxylic acids is 2. The Bertz CT molecular complexity index is 393. The highest BCUT2D eigenvalue weighted by Crippen LogP contribution is 2.18. The quantitative estimate of drug-likeness (QED) is 0.672. The maximum absolute atomic E-state index is 12.1. The second kappa shape index (κ2) is 8.65. The highest BCUT2D eigenvalue weighted by atomic mass is 16.6. The third-order valence-electron chi connectivity index (χ3n) is 3.24. The Labute approximate surface area is 127 Å². The molecule has 0 aromatic carbocycles. The van der Waals surface area contributed by atoms with Crippen LogP contribution in [0.4, 0.5) is 4.79 Å². The summed E-state index contributed by atoms with van der Waals surface area (Å²) in [4.78, 5) is 24.3. The Balaban J connectivity index is 2.41. The van der Waals surface area contributed by atoms with E-state index in [0.717, 1.165) is 25.5 Å². The molecule has 0 spiro atoms. The van der Waals surface area contributed by atoms with E-state index < -0.39 is 5.60 Å². The zero-order valence-electron chi connectivity index (χ0n) is 13.4. The molecule has 1 atom stereocenters. The fraction of sp³-hybridized carbons (Fsp3) is 0.647. The van der Waals surface area contributed by atoms with Gasteiger partial charge in [0.25, 0.3) is 0 Å². The Kier molecular flexibility index (Phi) is 7.20. The second-order valence-corrected chi connectivity index (χ2v) is 6.37. The van der Waals surface area contributed by atoms with Gasteiger partial charge in [-0.15, -0.1) is 0 Å². The number of hydrogen-bond donors (Lipinski definition) is 0. The normalized spacial score (nSPS) is 17.6. The molecule has 0 saturated heterocycles. The van der Waals surface area contributed by atoms with Crippen molar-refractivity contribution < 1.29 is 14.3 Å². The largest absolute Gasteiger partial charge is 0.444 e. The molecule has 118 valence electrons. The lowest BCUT2D eigenvalue weighted by molar-refractivity contribution is -0.108. The van der Waals surface area contributed by atoms with Crippen molar-refractivity contribution in [1.29, 1.82) is 0 Å². The standard InChI is InChI=1S/C17H27NO3/c1-17(2,3)21-16(20)18(13-8-14-19)12-7-11-15-9-5-4-6-10-15/h4-6,9,14-15H,7-8,10-13H2,1-3H3. The van der Waals surface area contributed by atoms with Gasteiger partial charge in [0.15, 0.2) is 0 Å². The van der Waals surface area contributed by atoms with Crippen molar-refractivity contribution in [3.05, 3.63) is 24.3 Å². The zero-order valence-corrected chi connectivity index (χ0v) is 13.4. The van der Waals surface area contributed by atoms with Gasteiger partial charge in [-0.2, -0.15) is 0 Å². The maximum atomic E-state index is 12.1. The van der Waals surface area contributed by atoms with Crippen LogP contribution in [0, 0.1) is 5.92 Å². The van der Waals surface area contributed by atoms with E-state index in [9.17, 15) is 9.59 Å². The second-order valence-electron chi connectivity index (χ2n) is 6.37. The molecule has 21 heavy (non-hydrogen) atoms. The number of rotatable bonds is 7. The predicted octanol–water partition coefficient (Wildman–Crippen LogP) is 3.73. The number of amides is 1. The van der Waals surface area contributed by atoms with E-state index in [1.54, 1.807) is 4.90 Å². The van der Waals surface area contributed by atoms with Crippen LogP contribution in [0.3, 0.4) is 0 Å². The van der Waals surface area contributed by atoms with Gasteiger partial charge in [-0.25, -0.2) is 4.79 Å². The molecule has 0 aromatic heterocycles. The van der Waals surface area contributed by atoms with Crippen molar-refractivity contribution in [2.24, 2.45) is 5.92 Å². The van der Waals surface area contributed by atoms with Gasteiger partial charge in [-0.05, 0) is 46.0 Å². The summed E-state index contributed by atoms with van der Waals surface area (Å²) in [5.74, 6) is 0.557. The summed E-state index contributed by atoms with van der Waals surface area (Å²) in [5, 5.41) is 0. The van der Waals surface area contributed by atoms with E-state index in [1.807, 2.05) is 20.8 Å². The van der Waals surface area contributed by atoms with Crippen LogP contribution < -0.4 is 0 Å². The van der Waals surface area contributed by atoms with Crippen LogP contribution in [0.1, 0.15) is 46.5 Å². The monoisotopic (exact) mass is 293 g/mol. The minimum atomic E-state index is -0.507. The predicted molar refractivity (Wildman–Crippen MR) is 84.1 cm³/mol. The van der Waals surface area contributed by atoms with Crippen molar-refractivity contribution in [1.82, 2.24) is 4.90 Å². The first-order valence-electron chi connectivity index (χ1n) is 7.67. The lowest BCUT2D eigenvalue weighted by atomic mass is 9.96. The van der Waals surface area contributed by atoms with Gasteiger partial charge in [0.1, 0.15) is 11.9 Å². The molecule has 0 saturated carbocycles. The molecule has 0 aromatic rings. The van der Waals surface area contributed by atoms with Gasteiger partial charge in [0, 0.05) is 19.5 Å². The smallest absolute Gasteiger partial charge is 0.410 e. The maximum Gasteiger partial charge on any atom is 0.410 e. The molecule has 1 rings (SSSR count). The van der Waals surface area contributed by atoms with Crippen LogP contribution in [0.25, 0.3) is 0 Å². The third kappa shape index (κ3) is 7.69. The fourth-order valence-corrected chi connectivity index (χ4v) is 2.22. The van der Waals surface area contributed by atoms with Crippen LogP contribution >= 0.6 is 0 Å². The molecule has 1 aliphatic carbocycles. The summed E-state index contributed by atoms with van der Waals surface area (Å²) >= 11 is 0. The first-order chi connectivity index (χ1) is 9.92. The molecule has 0 N–H and O–H groups in total. The minimum absolute atomic E-state index is 0.330. The van der Waals surface area contributed by atoms with Crippen LogP contribution in [0.5, 0.6) is 0 Å². The molecule has 0 fully saturated rings. The number of ether oxygens (including phenoxy) is 1. The molecule has 1 unspecified atom stereocenters. The van der Waals surface area contributed by atoms with E-state index in [2.05, 4.69) is 24.3 Å².